The van der Waals surface area contributed by atoms with E-state index < -0.39 is 0 Å². The van der Waals surface area contributed by atoms with Crippen LogP contribution < -0.4 is 11.2 Å². The second kappa shape index (κ2) is 1.97. The number of carbonyl (C=O) groups is 1. The Morgan fingerprint density at radius 1 is 1.89 bits per heavy atom. The highest BCUT2D eigenvalue weighted by molar-refractivity contribution is 5.89. The molecular formula is C5H8N3O. The Kier molecular flexibility index (Phi) is 1.30. The molecule has 1 heterocycles. The third kappa shape index (κ3) is 0.960. The summed E-state index contributed by atoms with van der Waals surface area (Å²) in [6.07, 6.45) is 1.31. The maximum absolute atomic E-state index is 10.5. The Morgan fingerprint density at radius 3 is 2.78 bits per heavy atom. The van der Waals surface area contributed by atoms with Crippen molar-refractivity contribution in [2.45, 2.75) is 6.92 Å². The monoisotopic (exact) mass is 126 g/mol. The van der Waals surface area contributed by atoms with Crippen molar-refractivity contribution >= 4 is 5.91 Å². The Balaban J connectivity index is 2.64. The molecule has 0 bridgehead atoms. The van der Waals surface area contributed by atoms with Gasteiger partial charge in [0, 0.05) is 12.6 Å². The van der Waals surface area contributed by atoms with E-state index in [-0.39, 0.29) is 5.91 Å². The van der Waals surface area contributed by atoms with E-state index in [1.165, 1.54) is 11.1 Å². The molecule has 49 valence electrons. The molecule has 0 aliphatic carbocycles. The Hall–Kier alpha value is -1.19. The van der Waals surface area contributed by atoms with Gasteiger partial charge < -0.3 is 5.73 Å². The molecule has 1 rings (SSSR count). The predicted molar refractivity (Wildman–Crippen MR) is 31.8 cm³/mol. The van der Waals surface area contributed by atoms with Gasteiger partial charge in [-0.2, -0.15) is 0 Å². The fraction of sp³-hybridized carbons (Fsp3) is 0.400. The minimum Gasteiger partial charge on any atom is -0.384 e. The third-order valence-electron chi connectivity index (χ3n) is 1.09. The summed E-state index contributed by atoms with van der Waals surface area (Å²) in [6, 6.07) is 0. The first kappa shape index (κ1) is 5.94. The van der Waals surface area contributed by atoms with Crippen molar-refractivity contribution in [1.29, 1.82) is 0 Å². The summed E-state index contributed by atoms with van der Waals surface area (Å²) in [7, 11) is 0. The molecular weight excluding hydrogens is 118 g/mol. The Labute approximate surface area is 53.3 Å². The maximum Gasteiger partial charge on any atom is 0.290 e. The largest absolute Gasteiger partial charge is 0.384 e. The van der Waals surface area contributed by atoms with Gasteiger partial charge in [-0.05, 0) is 6.92 Å². The van der Waals surface area contributed by atoms with Gasteiger partial charge in [0.2, 0.25) is 0 Å². The molecule has 0 aromatic carbocycles. The topological polar surface area (TPSA) is 60.4 Å². The molecule has 4 heteroatoms. The lowest BCUT2D eigenvalue weighted by molar-refractivity contribution is -0.119. The van der Waals surface area contributed by atoms with Crippen LogP contribution in [0.1, 0.15) is 6.92 Å². The quantitative estimate of drug-likeness (QED) is 0.498. The highest BCUT2D eigenvalue weighted by atomic mass is 16.2. The minimum atomic E-state index is -0.269. The van der Waals surface area contributed by atoms with Crippen molar-refractivity contribution in [3.05, 3.63) is 11.9 Å². The molecule has 9 heavy (non-hydrogen) atoms. The Bertz CT molecular complexity index is 164. The summed E-state index contributed by atoms with van der Waals surface area (Å²) in [5.41, 5.74) is 8.92. The summed E-state index contributed by atoms with van der Waals surface area (Å²) in [5, 5.41) is 1.46. The van der Waals surface area contributed by atoms with Gasteiger partial charge >= 0.3 is 0 Å². The van der Waals surface area contributed by atoms with E-state index in [1.807, 2.05) is 6.92 Å². The SMILES string of the molecule is CCN1[N]C(=O)C=C1N. The third-order valence-corrected chi connectivity index (χ3v) is 1.09. The van der Waals surface area contributed by atoms with Crippen molar-refractivity contribution in [1.82, 2.24) is 10.4 Å². The number of nitrogens with zero attached hydrogens (tertiary/aromatic N) is 2. The number of hydrogen-bond acceptors (Lipinski definition) is 3. The fourth-order valence-electron chi connectivity index (χ4n) is 0.660. The molecule has 0 unspecified atom stereocenters. The number of hydrogen-bond donors (Lipinski definition) is 1. The van der Waals surface area contributed by atoms with Gasteiger partial charge in [-0.3, -0.25) is 4.79 Å². The van der Waals surface area contributed by atoms with E-state index in [0.717, 1.165) is 0 Å². The zero-order chi connectivity index (χ0) is 6.85. The van der Waals surface area contributed by atoms with Gasteiger partial charge in [0.25, 0.3) is 5.91 Å². The summed E-state index contributed by atoms with van der Waals surface area (Å²) in [5.74, 6) is 0.164. The summed E-state index contributed by atoms with van der Waals surface area (Å²) in [6.45, 7) is 2.52. The van der Waals surface area contributed by atoms with Crippen molar-refractivity contribution in [2.24, 2.45) is 5.73 Å². The summed E-state index contributed by atoms with van der Waals surface area (Å²) < 4.78 is 0. The Morgan fingerprint density at radius 2 is 2.56 bits per heavy atom. The molecule has 1 amide bonds. The van der Waals surface area contributed by atoms with Crippen LogP contribution in [0.3, 0.4) is 0 Å². The van der Waals surface area contributed by atoms with Crippen LogP contribution in [0.25, 0.3) is 0 Å². The standard InChI is InChI=1S/C5H8N3O/c1-2-8-4(6)3-5(9)7-8/h3H,2,6H2,1H3. The van der Waals surface area contributed by atoms with Crippen LogP contribution in [0.5, 0.6) is 0 Å². The summed E-state index contributed by atoms with van der Waals surface area (Å²) in [4.78, 5) is 10.5. The molecule has 0 fully saturated rings. The molecule has 0 aromatic heterocycles. The molecule has 2 N–H and O–H groups in total. The van der Waals surface area contributed by atoms with Crippen LogP contribution in [-0.2, 0) is 4.79 Å². The first-order chi connectivity index (χ1) is 4.24. The van der Waals surface area contributed by atoms with E-state index >= 15 is 0 Å². The van der Waals surface area contributed by atoms with Crippen LogP contribution in [0.15, 0.2) is 11.9 Å². The number of amides is 1. The predicted octanol–water partition coefficient (Wildman–Crippen LogP) is -0.832. The van der Waals surface area contributed by atoms with Crippen LogP contribution >= 0.6 is 0 Å². The highest BCUT2D eigenvalue weighted by Crippen LogP contribution is 2.01. The number of nitrogens with two attached hydrogens (primary N) is 1. The van der Waals surface area contributed by atoms with Crippen molar-refractivity contribution in [3.8, 4) is 0 Å². The van der Waals surface area contributed by atoms with Gasteiger partial charge in [0.15, 0.2) is 0 Å². The van der Waals surface area contributed by atoms with Gasteiger partial charge in [0.1, 0.15) is 5.82 Å². The first-order valence-electron chi connectivity index (χ1n) is 2.74. The first-order valence-corrected chi connectivity index (χ1v) is 2.74. The molecule has 0 aromatic rings. The van der Waals surface area contributed by atoms with Crippen LogP contribution in [0, 0.1) is 0 Å². The number of rotatable bonds is 1. The molecule has 0 spiro atoms. The summed E-state index contributed by atoms with van der Waals surface area (Å²) >= 11 is 0. The molecule has 0 saturated heterocycles. The molecule has 0 atom stereocenters. The lowest BCUT2D eigenvalue weighted by Crippen LogP contribution is -2.30. The van der Waals surface area contributed by atoms with Gasteiger partial charge in [-0.15, -0.1) is 5.43 Å². The normalized spacial score (nSPS) is 17.7. The zero-order valence-corrected chi connectivity index (χ0v) is 5.16. The maximum atomic E-state index is 10.5. The van der Waals surface area contributed by atoms with Crippen LogP contribution in [0.4, 0.5) is 0 Å². The van der Waals surface area contributed by atoms with Gasteiger partial charge in [0.05, 0.1) is 0 Å². The van der Waals surface area contributed by atoms with E-state index in [9.17, 15) is 4.79 Å². The van der Waals surface area contributed by atoms with Crippen molar-refractivity contribution in [2.75, 3.05) is 6.54 Å². The van der Waals surface area contributed by atoms with Gasteiger partial charge in [-0.1, -0.05) is 0 Å². The van der Waals surface area contributed by atoms with E-state index in [2.05, 4.69) is 5.43 Å². The highest BCUT2D eigenvalue weighted by Gasteiger charge is 2.17. The van der Waals surface area contributed by atoms with E-state index in [0.29, 0.717) is 12.4 Å². The fourth-order valence-corrected chi connectivity index (χ4v) is 0.660. The average molecular weight is 126 g/mol. The molecule has 1 aliphatic rings. The minimum absolute atomic E-state index is 0.269. The lowest BCUT2D eigenvalue weighted by Gasteiger charge is -2.11. The van der Waals surface area contributed by atoms with Crippen molar-refractivity contribution < 1.29 is 4.79 Å². The smallest absolute Gasteiger partial charge is 0.290 e. The van der Waals surface area contributed by atoms with Gasteiger partial charge in [-0.25, -0.2) is 5.01 Å². The molecule has 1 aliphatic heterocycles. The van der Waals surface area contributed by atoms with Crippen LogP contribution in [0.2, 0.25) is 0 Å². The van der Waals surface area contributed by atoms with E-state index in [4.69, 9.17) is 5.73 Å². The van der Waals surface area contributed by atoms with Crippen molar-refractivity contribution in [3.63, 3.8) is 0 Å². The zero-order valence-electron chi connectivity index (χ0n) is 5.16. The van der Waals surface area contributed by atoms with E-state index in [1.54, 1.807) is 0 Å². The molecule has 0 saturated carbocycles. The molecule has 4 nitrogen and oxygen atoms in total. The van der Waals surface area contributed by atoms with Crippen LogP contribution in [-0.4, -0.2) is 17.5 Å². The molecule has 1 radical (unpaired) electrons. The second-order valence-electron chi connectivity index (χ2n) is 1.72. The lowest BCUT2D eigenvalue weighted by atomic mass is 10.5. The number of carbonyl (C=O) groups excluding carboxylic acids is 1. The average Bonchev–Trinajstić information content (AvgIpc) is 2.10. The second-order valence-corrected chi connectivity index (χ2v) is 1.72.